The molecule has 4 rings (SSSR count). The van der Waals surface area contributed by atoms with Crippen molar-refractivity contribution < 1.29 is 43.4 Å². The fourth-order valence-corrected chi connectivity index (χ4v) is 35.3. The van der Waals surface area contributed by atoms with E-state index in [1.165, 1.54) is 46.2 Å². The molecule has 0 aromatic heterocycles. The van der Waals surface area contributed by atoms with Crippen LogP contribution in [0.25, 0.3) is 11.1 Å². The summed E-state index contributed by atoms with van der Waals surface area (Å²) in [5.41, 5.74) is 12.0. The summed E-state index contributed by atoms with van der Waals surface area (Å²) in [5.74, 6) is 5.30. The largest absolute Gasteiger partial charge is 1.00 e. The van der Waals surface area contributed by atoms with Crippen molar-refractivity contribution in [2.24, 2.45) is 0 Å². The van der Waals surface area contributed by atoms with Crippen LogP contribution in [0.1, 0.15) is 62.8 Å². The van der Waals surface area contributed by atoms with Crippen LogP contribution in [0.2, 0.25) is 11.5 Å². The Hall–Kier alpha value is -0.594. The molecule has 4 heteroatoms. The Morgan fingerprint density at radius 3 is 1.29 bits per heavy atom. The molecule has 2 aromatic carbocycles. The van der Waals surface area contributed by atoms with Crippen molar-refractivity contribution in [2.75, 3.05) is 0 Å². The molecule has 0 amide bonds. The van der Waals surface area contributed by atoms with E-state index in [0.717, 1.165) is 12.8 Å². The molecule has 0 spiro atoms. The molecule has 34 heavy (non-hydrogen) atoms. The molecule has 2 aliphatic carbocycles. The van der Waals surface area contributed by atoms with E-state index in [-0.39, 0.29) is 24.8 Å². The van der Waals surface area contributed by atoms with Crippen LogP contribution < -0.4 is 24.8 Å². The van der Waals surface area contributed by atoms with Crippen LogP contribution in [0.5, 0.6) is 0 Å². The standard InChI is InChI=1S/2C14H15.C2H6Ge.2ClH.Zr/c2*1-3-12-7-9-13(10-8-12)14-6-4-5-11(14)2;1-3-2;;;/h2*6-10H,3-4H2,1-2H3;1-2H3;2*1H;/q;;;;;+2/p-2. The van der Waals surface area contributed by atoms with Crippen molar-refractivity contribution in [3.05, 3.63) is 101 Å². The van der Waals surface area contributed by atoms with Gasteiger partial charge in [0.15, 0.2) is 0 Å². The van der Waals surface area contributed by atoms with Crippen LogP contribution >= 0.6 is 0 Å². The topological polar surface area (TPSA) is 0 Å². The molecule has 2 aliphatic rings. The van der Waals surface area contributed by atoms with Crippen LogP contribution in [-0.4, -0.2) is 9.98 Å². The summed E-state index contributed by atoms with van der Waals surface area (Å²) >= 11 is -1.79. The van der Waals surface area contributed by atoms with Gasteiger partial charge in [-0.25, -0.2) is 0 Å². The maximum Gasteiger partial charge on any atom is -1.00 e. The number of halogens is 2. The zero-order chi connectivity index (χ0) is 22.8. The Bertz CT molecular complexity index is 1100. The van der Waals surface area contributed by atoms with Gasteiger partial charge in [0.1, 0.15) is 0 Å². The molecule has 0 saturated carbocycles. The van der Waals surface area contributed by atoms with Gasteiger partial charge in [-0.15, -0.1) is 0 Å². The Balaban J connectivity index is 0.00000204. The first-order valence-electron chi connectivity index (χ1n) is 12.1. The molecule has 2 aromatic rings. The summed E-state index contributed by atoms with van der Waals surface area (Å²) in [6.07, 6.45) is 9.72. The summed E-state index contributed by atoms with van der Waals surface area (Å²) in [6, 6.07) is 18.6. The molecule has 0 aliphatic heterocycles. The van der Waals surface area contributed by atoms with Crippen LogP contribution in [0.15, 0.2) is 78.4 Å². The number of hydrogen-bond donors (Lipinski definition) is 0. The van der Waals surface area contributed by atoms with Gasteiger partial charge >= 0.3 is 205 Å². The fraction of sp³-hybridized carbons (Fsp3) is 0.333. The van der Waals surface area contributed by atoms with Crippen LogP contribution in [0.3, 0.4) is 0 Å². The van der Waals surface area contributed by atoms with Gasteiger partial charge in [-0.05, 0) is 0 Å². The van der Waals surface area contributed by atoms with E-state index < -0.39 is 28.6 Å². The second kappa shape index (κ2) is 13.1. The maximum atomic E-state index is 2.65. The first kappa shape index (κ1) is 29.6. The number of benzene rings is 2. The van der Waals surface area contributed by atoms with Gasteiger partial charge < -0.3 is 24.8 Å². The molecule has 0 atom stereocenters. The first-order valence-corrected chi connectivity index (χ1v) is 26.2. The first-order chi connectivity index (χ1) is 15.4. The molecule has 0 nitrogen and oxygen atoms in total. The predicted molar refractivity (Wildman–Crippen MR) is 140 cm³/mol. The summed E-state index contributed by atoms with van der Waals surface area (Å²) in [7, 11) is -1.03. The van der Waals surface area contributed by atoms with Crippen LogP contribution in [0.4, 0.5) is 0 Å². The third kappa shape index (κ3) is 6.03. The van der Waals surface area contributed by atoms with Gasteiger partial charge in [0.25, 0.3) is 0 Å². The van der Waals surface area contributed by atoms with Gasteiger partial charge in [-0.2, -0.15) is 0 Å². The number of rotatable bonds is 6. The quantitative estimate of drug-likeness (QED) is 0.431. The third-order valence-corrected chi connectivity index (χ3v) is 35.4. The van der Waals surface area contributed by atoms with Gasteiger partial charge in [-0.3, -0.25) is 0 Å². The second-order valence-corrected chi connectivity index (χ2v) is 37.3. The summed E-state index contributed by atoms with van der Waals surface area (Å²) in [5, 5.41) is 0. The molecule has 0 heterocycles. The number of aryl methyl sites for hydroxylation is 2. The van der Waals surface area contributed by atoms with E-state index in [1.807, 2.05) is 6.56 Å². The molecule has 178 valence electrons. The Labute approximate surface area is 228 Å². The van der Waals surface area contributed by atoms with E-state index in [4.69, 9.17) is 0 Å². The average molecular weight is 631 g/mol. The Morgan fingerprint density at radius 1 is 0.647 bits per heavy atom. The normalized spacial score (nSPS) is 14.7. The molecule has 0 unspecified atom stereocenters. The van der Waals surface area contributed by atoms with E-state index in [9.17, 15) is 0 Å². The van der Waals surface area contributed by atoms with Crippen LogP contribution in [-0.2, 0) is 31.5 Å². The van der Waals surface area contributed by atoms with Crippen molar-refractivity contribution in [3.8, 4) is 0 Å². The van der Waals surface area contributed by atoms with Gasteiger partial charge in [0.05, 0.1) is 0 Å². The zero-order valence-corrected chi connectivity index (χ0v) is 27.4. The smallest absolute Gasteiger partial charge is 1.00 e. The monoisotopic (exact) mass is 630 g/mol. The fourth-order valence-electron chi connectivity index (χ4n) is 5.22. The number of hydrogen-bond acceptors (Lipinski definition) is 0. The van der Waals surface area contributed by atoms with Crippen molar-refractivity contribution >= 4 is 21.1 Å². The molecule has 0 fully saturated rings. The van der Waals surface area contributed by atoms with E-state index >= 15 is 0 Å². The molecule has 0 radical (unpaired) electrons. The zero-order valence-electron chi connectivity index (χ0n) is 21.4. The Morgan fingerprint density at radius 2 is 1.00 bits per heavy atom. The van der Waals surface area contributed by atoms with Crippen molar-refractivity contribution in [1.82, 2.24) is 0 Å². The van der Waals surface area contributed by atoms with E-state index in [0.29, 0.717) is 0 Å². The predicted octanol–water partition coefficient (Wildman–Crippen LogP) is 2.51. The SMILES string of the molecule is CCc1ccc(C2=CC[C]([Zr+2]([C]3=C(C)C(c4ccc(CC)cc4)=CC3)=[Ge]([CH3])[CH3])=C2C)cc1.[Cl-].[Cl-]. The van der Waals surface area contributed by atoms with E-state index in [1.54, 1.807) is 11.1 Å². The third-order valence-electron chi connectivity index (χ3n) is 7.18. The maximum absolute atomic E-state index is 2.65. The van der Waals surface area contributed by atoms with Crippen molar-refractivity contribution in [3.63, 3.8) is 0 Å². The second-order valence-electron chi connectivity index (χ2n) is 9.33. The molecule has 0 N–H and O–H groups in total. The minimum Gasteiger partial charge on any atom is -1.00 e. The molecule has 0 saturated heterocycles. The minimum absolute atomic E-state index is 0. The summed E-state index contributed by atoms with van der Waals surface area (Å²) in [4.78, 5) is 0. The van der Waals surface area contributed by atoms with Gasteiger partial charge in [0.2, 0.25) is 0 Å². The van der Waals surface area contributed by atoms with Gasteiger partial charge in [-0.1, -0.05) is 0 Å². The van der Waals surface area contributed by atoms with E-state index in [2.05, 4.69) is 99.9 Å². The van der Waals surface area contributed by atoms with Crippen molar-refractivity contribution in [2.45, 2.75) is 64.9 Å². The minimum atomic E-state index is -1.79. The molecule has 0 bridgehead atoms. The summed E-state index contributed by atoms with van der Waals surface area (Å²) < 4.78 is 3.79. The average Bonchev–Trinajstić information content (AvgIpc) is 3.37. The molecular formula is C30H36Cl2GeZr. The Kier molecular flexibility index (Phi) is 11.4. The number of allylic oxidation sites excluding steroid dienone is 8. The van der Waals surface area contributed by atoms with Crippen LogP contribution in [0, 0.1) is 0 Å². The van der Waals surface area contributed by atoms with Crippen molar-refractivity contribution in [1.29, 1.82) is 0 Å². The van der Waals surface area contributed by atoms with Gasteiger partial charge in [0, 0.05) is 0 Å². The molecular weight excluding hydrogens is 595 g/mol. The summed E-state index contributed by atoms with van der Waals surface area (Å²) in [6.45, 7) is 9.31.